The first-order valence-electron chi connectivity index (χ1n) is 3.01. The molecule has 2 nitrogen and oxygen atoms in total. The van der Waals surface area contributed by atoms with Crippen molar-refractivity contribution in [3.05, 3.63) is 0 Å². The van der Waals surface area contributed by atoms with Gasteiger partial charge in [-0.1, -0.05) is 0 Å². The Morgan fingerprint density at radius 2 is 2.11 bits per heavy atom. The van der Waals surface area contributed by atoms with Gasteiger partial charge in [0.2, 0.25) is 0 Å². The third kappa shape index (κ3) is 5.73. The Morgan fingerprint density at radius 1 is 1.67 bits per heavy atom. The van der Waals surface area contributed by atoms with Crippen molar-refractivity contribution < 1.29 is 9.50 Å². The van der Waals surface area contributed by atoms with Crippen molar-refractivity contribution in [1.82, 2.24) is 0 Å². The molecule has 0 aromatic rings. The highest BCUT2D eigenvalue weighted by atomic mass is 19.1. The van der Waals surface area contributed by atoms with Crippen LogP contribution >= 0.6 is 0 Å². The highest BCUT2D eigenvalue weighted by Gasteiger charge is 2.18. The molecule has 0 aliphatic carbocycles. The summed E-state index contributed by atoms with van der Waals surface area (Å²) < 4.78 is 12.6. The lowest BCUT2D eigenvalue weighted by Crippen LogP contribution is -2.31. The summed E-state index contributed by atoms with van der Waals surface area (Å²) in [6, 6.07) is -0.426. The molecule has 3 N–H and O–H groups in total. The zero-order valence-corrected chi connectivity index (χ0v) is 5.89. The maximum absolute atomic E-state index is 12.6. The van der Waals surface area contributed by atoms with E-state index in [0.717, 1.165) is 0 Å². The Morgan fingerprint density at radius 3 is 2.22 bits per heavy atom. The number of alkyl halides is 1. The van der Waals surface area contributed by atoms with Crippen molar-refractivity contribution in [2.45, 2.75) is 32.0 Å². The SMILES string of the molecule is CC(C)(F)CC(N)CO. The molecule has 0 aliphatic heterocycles. The van der Waals surface area contributed by atoms with Crippen LogP contribution in [0.1, 0.15) is 20.3 Å². The largest absolute Gasteiger partial charge is 0.395 e. The van der Waals surface area contributed by atoms with Gasteiger partial charge in [-0.3, -0.25) is 0 Å². The van der Waals surface area contributed by atoms with Crippen molar-refractivity contribution in [1.29, 1.82) is 0 Å². The van der Waals surface area contributed by atoms with Crippen molar-refractivity contribution in [2.75, 3.05) is 6.61 Å². The summed E-state index contributed by atoms with van der Waals surface area (Å²) in [5.41, 5.74) is 4.01. The lowest BCUT2D eigenvalue weighted by atomic mass is 10.0. The lowest BCUT2D eigenvalue weighted by Gasteiger charge is -2.17. The molecule has 0 saturated heterocycles. The van der Waals surface area contributed by atoms with E-state index in [0.29, 0.717) is 0 Å². The van der Waals surface area contributed by atoms with Crippen LogP contribution in [0.15, 0.2) is 0 Å². The fourth-order valence-electron chi connectivity index (χ4n) is 0.688. The predicted molar refractivity (Wildman–Crippen MR) is 34.9 cm³/mol. The minimum Gasteiger partial charge on any atom is -0.395 e. The van der Waals surface area contributed by atoms with E-state index in [1.54, 1.807) is 0 Å². The maximum atomic E-state index is 12.6. The van der Waals surface area contributed by atoms with Crippen LogP contribution in [0, 0.1) is 0 Å². The zero-order valence-electron chi connectivity index (χ0n) is 5.89. The molecule has 1 atom stereocenters. The van der Waals surface area contributed by atoms with Gasteiger partial charge in [-0.15, -0.1) is 0 Å². The molecule has 0 aromatic carbocycles. The molecule has 0 heterocycles. The Bertz CT molecular complexity index is 79.6. The van der Waals surface area contributed by atoms with Crippen LogP contribution in [-0.4, -0.2) is 23.4 Å². The first-order chi connectivity index (χ1) is 3.95. The van der Waals surface area contributed by atoms with Gasteiger partial charge in [0.15, 0.2) is 0 Å². The first kappa shape index (κ1) is 8.85. The number of aliphatic hydroxyl groups excluding tert-OH is 1. The van der Waals surface area contributed by atoms with Gasteiger partial charge >= 0.3 is 0 Å². The Kier molecular flexibility index (Phi) is 3.08. The van der Waals surface area contributed by atoms with Crippen LogP contribution in [0.5, 0.6) is 0 Å². The Balaban J connectivity index is 3.47. The second-order valence-electron chi connectivity index (χ2n) is 2.87. The molecular formula is C6H14FNO. The van der Waals surface area contributed by atoms with Crippen LogP contribution in [0.4, 0.5) is 4.39 Å². The maximum Gasteiger partial charge on any atom is 0.107 e. The highest BCUT2D eigenvalue weighted by Crippen LogP contribution is 2.14. The zero-order chi connectivity index (χ0) is 7.49. The molecular weight excluding hydrogens is 121 g/mol. The number of hydrogen-bond acceptors (Lipinski definition) is 2. The highest BCUT2D eigenvalue weighted by molar-refractivity contribution is 4.73. The average Bonchev–Trinajstić information content (AvgIpc) is 1.62. The molecule has 0 amide bonds. The smallest absolute Gasteiger partial charge is 0.107 e. The molecule has 0 spiro atoms. The van der Waals surface area contributed by atoms with Crippen LogP contribution in [0.2, 0.25) is 0 Å². The van der Waals surface area contributed by atoms with Crippen LogP contribution < -0.4 is 5.73 Å². The molecule has 0 aromatic heterocycles. The van der Waals surface area contributed by atoms with Gasteiger partial charge in [0.05, 0.1) is 6.61 Å². The molecule has 0 saturated carbocycles. The molecule has 3 heteroatoms. The summed E-state index contributed by atoms with van der Waals surface area (Å²) in [6.07, 6.45) is 0.212. The average molecular weight is 135 g/mol. The molecule has 56 valence electrons. The molecule has 1 unspecified atom stereocenters. The van der Waals surface area contributed by atoms with E-state index in [2.05, 4.69) is 0 Å². The molecule has 0 aliphatic rings. The fourth-order valence-corrected chi connectivity index (χ4v) is 0.688. The van der Waals surface area contributed by atoms with Gasteiger partial charge in [-0.25, -0.2) is 4.39 Å². The van der Waals surface area contributed by atoms with Gasteiger partial charge in [0.25, 0.3) is 0 Å². The standard InChI is InChI=1S/C6H14FNO/c1-6(2,7)3-5(8)4-9/h5,9H,3-4,8H2,1-2H3. The molecule has 0 fully saturated rings. The van der Waals surface area contributed by atoms with E-state index in [9.17, 15) is 4.39 Å². The molecule has 0 bridgehead atoms. The summed E-state index contributed by atoms with van der Waals surface area (Å²) in [7, 11) is 0. The van der Waals surface area contributed by atoms with E-state index < -0.39 is 11.7 Å². The summed E-state index contributed by atoms with van der Waals surface area (Å²) in [4.78, 5) is 0. The number of nitrogens with two attached hydrogens (primary N) is 1. The molecule has 0 rings (SSSR count). The second-order valence-corrected chi connectivity index (χ2v) is 2.87. The third-order valence-electron chi connectivity index (χ3n) is 0.982. The summed E-state index contributed by atoms with van der Waals surface area (Å²) in [6.45, 7) is 2.75. The Hall–Kier alpha value is -0.150. The first-order valence-corrected chi connectivity index (χ1v) is 3.01. The number of halogens is 1. The van der Waals surface area contributed by atoms with Crippen molar-refractivity contribution >= 4 is 0 Å². The predicted octanol–water partition coefficient (Wildman–Crippen LogP) is 0.444. The van der Waals surface area contributed by atoms with E-state index >= 15 is 0 Å². The summed E-state index contributed by atoms with van der Waals surface area (Å²) in [5.74, 6) is 0. The monoisotopic (exact) mass is 135 g/mol. The number of hydrogen-bond donors (Lipinski definition) is 2. The van der Waals surface area contributed by atoms with E-state index in [4.69, 9.17) is 10.8 Å². The summed E-state index contributed by atoms with van der Waals surface area (Å²) >= 11 is 0. The fraction of sp³-hybridized carbons (Fsp3) is 1.00. The quantitative estimate of drug-likeness (QED) is 0.590. The number of aliphatic hydroxyl groups is 1. The normalized spacial score (nSPS) is 15.7. The van der Waals surface area contributed by atoms with E-state index in [1.807, 2.05) is 0 Å². The van der Waals surface area contributed by atoms with Crippen LogP contribution in [0.25, 0.3) is 0 Å². The topological polar surface area (TPSA) is 46.2 Å². The van der Waals surface area contributed by atoms with Crippen LogP contribution in [-0.2, 0) is 0 Å². The van der Waals surface area contributed by atoms with Gasteiger partial charge in [-0.2, -0.15) is 0 Å². The van der Waals surface area contributed by atoms with Crippen molar-refractivity contribution in [3.8, 4) is 0 Å². The van der Waals surface area contributed by atoms with Crippen molar-refractivity contribution in [2.24, 2.45) is 5.73 Å². The van der Waals surface area contributed by atoms with Crippen LogP contribution in [0.3, 0.4) is 0 Å². The molecule has 9 heavy (non-hydrogen) atoms. The Labute approximate surface area is 54.9 Å². The summed E-state index contributed by atoms with van der Waals surface area (Å²) in [5, 5.41) is 8.41. The van der Waals surface area contributed by atoms with Gasteiger partial charge < -0.3 is 10.8 Å². The minimum absolute atomic E-state index is 0.145. The van der Waals surface area contributed by atoms with E-state index in [1.165, 1.54) is 13.8 Å². The third-order valence-corrected chi connectivity index (χ3v) is 0.982. The minimum atomic E-state index is -1.26. The molecule has 0 radical (unpaired) electrons. The van der Waals surface area contributed by atoms with Gasteiger partial charge in [0.1, 0.15) is 5.67 Å². The van der Waals surface area contributed by atoms with Gasteiger partial charge in [0, 0.05) is 6.04 Å². The van der Waals surface area contributed by atoms with Gasteiger partial charge in [-0.05, 0) is 20.3 Å². The number of rotatable bonds is 3. The van der Waals surface area contributed by atoms with E-state index in [-0.39, 0.29) is 13.0 Å². The van der Waals surface area contributed by atoms with Crippen molar-refractivity contribution in [3.63, 3.8) is 0 Å². The lowest BCUT2D eigenvalue weighted by molar-refractivity contribution is 0.159. The second kappa shape index (κ2) is 3.13.